The van der Waals surface area contributed by atoms with Gasteiger partial charge in [0.1, 0.15) is 12.1 Å². The molecule has 3 heterocycles. The molecule has 3 amide bonds. The van der Waals surface area contributed by atoms with Gasteiger partial charge in [-0.3, -0.25) is 4.79 Å². The maximum absolute atomic E-state index is 12.5. The van der Waals surface area contributed by atoms with Crippen LogP contribution in [0.15, 0.2) is 91.3 Å². The average molecular weight is 636 g/mol. The molecule has 0 radical (unpaired) electrons. The number of carbonyl (C=O) groups is 2. The zero-order valence-corrected chi connectivity index (χ0v) is 26.9. The number of amides is 3. The first-order chi connectivity index (χ1) is 22.6. The van der Waals surface area contributed by atoms with Crippen molar-refractivity contribution in [3.8, 4) is 22.4 Å². The van der Waals surface area contributed by atoms with Crippen LogP contribution in [-0.2, 0) is 4.79 Å². The highest BCUT2D eigenvalue weighted by atomic mass is 32.2. The second kappa shape index (κ2) is 15.1. The van der Waals surface area contributed by atoms with E-state index in [0.29, 0.717) is 18.2 Å². The largest absolute Gasteiger partial charge is 0.370 e. The summed E-state index contributed by atoms with van der Waals surface area (Å²) in [6, 6.07) is 29.4. The van der Waals surface area contributed by atoms with Crippen molar-refractivity contribution in [2.75, 3.05) is 35.6 Å². The Morgan fingerprint density at radius 1 is 0.935 bits per heavy atom. The maximum atomic E-state index is 12.5. The molecule has 0 bridgehead atoms. The summed E-state index contributed by atoms with van der Waals surface area (Å²) >= 11 is 1.92. The summed E-state index contributed by atoms with van der Waals surface area (Å²) < 4.78 is 0. The van der Waals surface area contributed by atoms with Crippen molar-refractivity contribution in [2.45, 2.75) is 49.9 Å². The molecule has 3 atom stereocenters. The Balaban J connectivity index is 0.947. The van der Waals surface area contributed by atoms with Crippen LogP contribution in [0.1, 0.15) is 32.6 Å². The molecule has 0 spiro atoms. The van der Waals surface area contributed by atoms with Crippen molar-refractivity contribution >= 4 is 40.9 Å². The predicted molar refractivity (Wildman–Crippen MR) is 187 cm³/mol. The molecule has 3 aromatic carbocycles. The molecule has 0 aliphatic carbocycles. The minimum absolute atomic E-state index is 0.0496. The lowest BCUT2D eigenvalue weighted by molar-refractivity contribution is -0.121. The Kier molecular flexibility index (Phi) is 10.3. The van der Waals surface area contributed by atoms with Gasteiger partial charge in [-0.1, -0.05) is 55.0 Å². The number of aromatic nitrogens is 2. The number of unbranched alkanes of at least 4 members (excludes halogenated alkanes) is 1. The third-order valence-electron chi connectivity index (χ3n) is 8.60. The molecule has 4 aromatic rings. The molecule has 10 heteroatoms. The van der Waals surface area contributed by atoms with Crippen molar-refractivity contribution < 1.29 is 9.59 Å². The number of hydrogen-bond donors (Lipinski definition) is 4. The van der Waals surface area contributed by atoms with E-state index in [2.05, 4.69) is 91.6 Å². The fourth-order valence-electron chi connectivity index (χ4n) is 6.14. The van der Waals surface area contributed by atoms with E-state index < -0.39 is 0 Å². The summed E-state index contributed by atoms with van der Waals surface area (Å²) in [5, 5.41) is 12.9. The normalized spacial score (nSPS) is 18.4. The molecule has 2 aliphatic rings. The summed E-state index contributed by atoms with van der Waals surface area (Å²) in [6.45, 7) is 4.30. The number of benzene rings is 3. The quantitative estimate of drug-likeness (QED) is 0.0962. The number of hydrogen-bond acceptors (Lipinski definition) is 7. The highest BCUT2D eigenvalue weighted by Gasteiger charge is 2.42. The summed E-state index contributed by atoms with van der Waals surface area (Å²) in [7, 11) is 0. The third kappa shape index (κ3) is 7.98. The van der Waals surface area contributed by atoms with Gasteiger partial charge in [0, 0.05) is 60.1 Å². The fraction of sp³-hybridized carbons (Fsp3) is 0.333. The van der Waals surface area contributed by atoms with Crippen LogP contribution in [-0.4, -0.2) is 64.6 Å². The Bertz CT molecular complexity index is 1620. The molecular weight excluding hydrogens is 595 g/mol. The molecule has 6 rings (SSSR count). The van der Waals surface area contributed by atoms with E-state index in [1.165, 1.54) is 5.56 Å². The van der Waals surface area contributed by atoms with E-state index in [-0.39, 0.29) is 24.0 Å². The molecule has 238 valence electrons. The predicted octanol–water partition coefficient (Wildman–Crippen LogP) is 6.22. The summed E-state index contributed by atoms with van der Waals surface area (Å²) in [6.07, 6.45) is 5.00. The maximum Gasteiger partial charge on any atom is 0.315 e. The van der Waals surface area contributed by atoms with Gasteiger partial charge in [-0.25, -0.2) is 14.8 Å². The van der Waals surface area contributed by atoms with Crippen molar-refractivity contribution in [1.82, 2.24) is 25.9 Å². The van der Waals surface area contributed by atoms with Gasteiger partial charge in [-0.2, -0.15) is 11.8 Å². The van der Waals surface area contributed by atoms with Crippen molar-refractivity contribution in [2.24, 2.45) is 0 Å². The Morgan fingerprint density at radius 2 is 1.74 bits per heavy atom. The number of anilines is 3. The van der Waals surface area contributed by atoms with Crippen LogP contribution in [0, 0.1) is 0 Å². The molecule has 2 saturated heterocycles. The number of fused-ring (bicyclic) bond motifs is 1. The van der Waals surface area contributed by atoms with Crippen LogP contribution >= 0.6 is 11.8 Å². The van der Waals surface area contributed by atoms with Crippen molar-refractivity contribution in [3.63, 3.8) is 0 Å². The fourth-order valence-corrected chi connectivity index (χ4v) is 7.68. The van der Waals surface area contributed by atoms with E-state index in [0.717, 1.165) is 72.1 Å². The van der Waals surface area contributed by atoms with Gasteiger partial charge >= 0.3 is 6.03 Å². The standard InChI is InChI=1S/C36H41N7O2S/c1-2-43(20-19-37-34(44)14-7-6-13-32-35-31(23-46-32)41-36(45)42-35)29-17-15-28(16-18-29)40-33-22-30(38-24-39-33)27-12-8-11-26(21-27)25-9-4-3-5-10-25/h3-5,8-12,15-18,21-22,24,31-32,35H,2,6-7,13-14,19-20,23H2,1H3,(H,37,44)(H,38,39,40)(H2,41,42,45). The monoisotopic (exact) mass is 635 g/mol. The molecule has 1 aromatic heterocycles. The molecule has 2 fully saturated rings. The molecule has 9 nitrogen and oxygen atoms in total. The van der Waals surface area contributed by atoms with Crippen LogP contribution in [0.3, 0.4) is 0 Å². The zero-order chi connectivity index (χ0) is 31.7. The molecule has 2 aliphatic heterocycles. The van der Waals surface area contributed by atoms with Gasteiger partial charge < -0.3 is 26.2 Å². The highest BCUT2D eigenvalue weighted by molar-refractivity contribution is 8.00. The number of carbonyl (C=O) groups excluding carboxylic acids is 2. The number of thioether (sulfide) groups is 1. The summed E-state index contributed by atoms with van der Waals surface area (Å²) in [4.78, 5) is 35.2. The first-order valence-corrected chi connectivity index (χ1v) is 17.2. The average Bonchev–Trinajstić information content (AvgIpc) is 3.65. The Labute approximate surface area is 275 Å². The van der Waals surface area contributed by atoms with Crippen LogP contribution in [0.5, 0.6) is 0 Å². The van der Waals surface area contributed by atoms with Crippen LogP contribution in [0.4, 0.5) is 22.0 Å². The van der Waals surface area contributed by atoms with Gasteiger partial charge in [0.25, 0.3) is 0 Å². The van der Waals surface area contributed by atoms with Gasteiger partial charge in [0.15, 0.2) is 0 Å². The van der Waals surface area contributed by atoms with Crippen molar-refractivity contribution in [3.05, 3.63) is 91.3 Å². The molecule has 0 saturated carbocycles. The minimum Gasteiger partial charge on any atom is -0.370 e. The van der Waals surface area contributed by atoms with Gasteiger partial charge in [0.2, 0.25) is 5.91 Å². The third-order valence-corrected chi connectivity index (χ3v) is 10.1. The summed E-state index contributed by atoms with van der Waals surface area (Å²) in [5.41, 5.74) is 6.25. The van der Waals surface area contributed by atoms with E-state index in [4.69, 9.17) is 0 Å². The lowest BCUT2D eigenvalue weighted by Crippen LogP contribution is -2.36. The van der Waals surface area contributed by atoms with E-state index in [1.807, 2.05) is 48.2 Å². The zero-order valence-electron chi connectivity index (χ0n) is 26.1. The number of nitrogens with one attached hydrogen (secondary N) is 4. The number of urea groups is 1. The van der Waals surface area contributed by atoms with E-state index in [1.54, 1.807) is 6.33 Å². The minimum atomic E-state index is -0.0496. The molecule has 46 heavy (non-hydrogen) atoms. The second-order valence-corrected chi connectivity index (χ2v) is 13.0. The molecule has 3 unspecified atom stereocenters. The summed E-state index contributed by atoms with van der Waals surface area (Å²) in [5.74, 6) is 1.79. The van der Waals surface area contributed by atoms with Gasteiger partial charge in [-0.05, 0) is 61.2 Å². The van der Waals surface area contributed by atoms with Crippen LogP contribution in [0.2, 0.25) is 0 Å². The smallest absolute Gasteiger partial charge is 0.315 e. The number of likely N-dealkylation sites (N-methyl/N-ethyl adjacent to an activating group) is 1. The molecule has 4 N–H and O–H groups in total. The van der Waals surface area contributed by atoms with Crippen LogP contribution in [0.25, 0.3) is 22.4 Å². The van der Waals surface area contributed by atoms with Crippen LogP contribution < -0.4 is 26.2 Å². The number of rotatable bonds is 14. The van der Waals surface area contributed by atoms with Gasteiger partial charge in [-0.15, -0.1) is 0 Å². The number of nitrogens with zero attached hydrogens (tertiary/aromatic N) is 3. The second-order valence-electron chi connectivity index (χ2n) is 11.7. The van der Waals surface area contributed by atoms with E-state index >= 15 is 0 Å². The lowest BCUT2D eigenvalue weighted by atomic mass is 10.0. The highest BCUT2D eigenvalue weighted by Crippen LogP contribution is 2.33. The topological polar surface area (TPSA) is 111 Å². The molecular formula is C36H41N7O2S. The first-order valence-electron chi connectivity index (χ1n) is 16.1. The Hall–Kier alpha value is -4.57. The van der Waals surface area contributed by atoms with Crippen molar-refractivity contribution in [1.29, 1.82) is 0 Å². The lowest BCUT2D eigenvalue weighted by Gasteiger charge is -2.23. The van der Waals surface area contributed by atoms with Gasteiger partial charge in [0.05, 0.1) is 17.8 Å². The first kappa shape index (κ1) is 31.4. The Morgan fingerprint density at radius 3 is 2.57 bits per heavy atom. The SMILES string of the molecule is CCN(CCNC(=O)CCCCC1SCC2NC(=O)NC21)c1ccc(Nc2cc(-c3cccc(-c4ccccc4)c3)ncn2)cc1. The van der Waals surface area contributed by atoms with E-state index in [9.17, 15) is 9.59 Å².